The Kier molecular flexibility index (Phi) is 4.77. The highest BCUT2D eigenvalue weighted by Crippen LogP contribution is 2.45. The second-order valence-corrected chi connectivity index (χ2v) is 6.55. The Morgan fingerprint density at radius 2 is 2.08 bits per heavy atom. The Morgan fingerprint density at radius 1 is 1.32 bits per heavy atom. The van der Waals surface area contributed by atoms with Crippen LogP contribution in [0.5, 0.6) is 11.5 Å². The van der Waals surface area contributed by atoms with Gasteiger partial charge < -0.3 is 14.2 Å². The van der Waals surface area contributed by atoms with Gasteiger partial charge in [-0.15, -0.1) is 17.8 Å². The summed E-state index contributed by atoms with van der Waals surface area (Å²) in [5.74, 6) is 2.92. The third-order valence-corrected chi connectivity index (χ3v) is 4.52. The number of hydrogen-bond donors (Lipinski definition) is 0. The molecule has 2 heterocycles. The average Bonchev–Trinajstić information content (AvgIpc) is 2.95. The van der Waals surface area contributed by atoms with E-state index in [-0.39, 0.29) is 12.7 Å². The average molecular weight is 355 g/mol. The van der Waals surface area contributed by atoms with Crippen LogP contribution in [0.3, 0.4) is 0 Å². The Bertz CT molecular complexity index is 984. The summed E-state index contributed by atoms with van der Waals surface area (Å²) in [4.78, 5) is 18.1. The van der Waals surface area contributed by atoms with Crippen LogP contribution in [0.1, 0.15) is 23.5 Å². The molecular formula is C19H17NO4S. The van der Waals surface area contributed by atoms with E-state index in [2.05, 4.69) is 10.9 Å². The van der Waals surface area contributed by atoms with E-state index >= 15 is 0 Å². The summed E-state index contributed by atoms with van der Waals surface area (Å²) < 4.78 is 16.6. The first-order valence-electron chi connectivity index (χ1n) is 7.73. The largest absolute Gasteiger partial charge is 0.495 e. The van der Waals surface area contributed by atoms with Gasteiger partial charge in [-0.25, -0.2) is 9.78 Å². The number of pyridine rings is 1. The van der Waals surface area contributed by atoms with Crippen molar-refractivity contribution in [3.63, 3.8) is 0 Å². The molecule has 0 saturated carbocycles. The molecule has 6 heteroatoms. The van der Waals surface area contributed by atoms with E-state index < -0.39 is 5.97 Å². The minimum atomic E-state index is -0.462. The van der Waals surface area contributed by atoms with Crippen molar-refractivity contribution in [1.29, 1.82) is 0 Å². The van der Waals surface area contributed by atoms with Crippen LogP contribution in [-0.2, 0) is 4.74 Å². The molecule has 0 unspecified atom stereocenters. The van der Waals surface area contributed by atoms with Gasteiger partial charge in [0.25, 0.3) is 0 Å². The number of esters is 1. The van der Waals surface area contributed by atoms with E-state index in [1.165, 1.54) is 11.3 Å². The fourth-order valence-corrected chi connectivity index (χ4v) is 3.57. The Hall–Kier alpha value is -2.78. The first kappa shape index (κ1) is 17.1. The van der Waals surface area contributed by atoms with Crippen LogP contribution in [0, 0.1) is 12.3 Å². The predicted molar refractivity (Wildman–Crippen MR) is 98.6 cm³/mol. The van der Waals surface area contributed by atoms with Crippen molar-refractivity contribution in [2.75, 3.05) is 13.7 Å². The third kappa shape index (κ3) is 3.11. The molecule has 128 valence electrons. The van der Waals surface area contributed by atoms with Gasteiger partial charge in [0.1, 0.15) is 17.2 Å². The van der Waals surface area contributed by atoms with E-state index in [9.17, 15) is 4.79 Å². The number of para-hydroxylation sites is 1. The molecule has 0 N–H and O–H groups in total. The van der Waals surface area contributed by atoms with E-state index in [0.29, 0.717) is 26.6 Å². The summed E-state index contributed by atoms with van der Waals surface area (Å²) in [6, 6.07) is 7.61. The number of benzene rings is 1. The van der Waals surface area contributed by atoms with Crippen LogP contribution in [0.15, 0.2) is 24.3 Å². The lowest BCUT2D eigenvalue weighted by molar-refractivity contribution is 0.0380. The van der Waals surface area contributed by atoms with Gasteiger partial charge in [-0.3, -0.25) is 0 Å². The van der Waals surface area contributed by atoms with Crippen LogP contribution in [-0.4, -0.2) is 30.8 Å². The van der Waals surface area contributed by atoms with Gasteiger partial charge in [-0.2, -0.15) is 0 Å². The van der Waals surface area contributed by atoms with Gasteiger partial charge in [0.15, 0.2) is 10.6 Å². The number of carbonyl (C=O) groups excluding carboxylic acids is 1. The molecule has 0 aliphatic heterocycles. The Morgan fingerprint density at radius 3 is 2.76 bits per heavy atom. The summed E-state index contributed by atoms with van der Waals surface area (Å²) >= 11 is 1.21. The van der Waals surface area contributed by atoms with Crippen molar-refractivity contribution in [2.24, 2.45) is 0 Å². The number of aromatic nitrogens is 1. The minimum Gasteiger partial charge on any atom is -0.495 e. The first-order chi connectivity index (χ1) is 12.1. The Labute approximate surface area is 149 Å². The lowest BCUT2D eigenvalue weighted by Gasteiger charge is -2.10. The van der Waals surface area contributed by atoms with Gasteiger partial charge in [0, 0.05) is 5.39 Å². The number of rotatable bonds is 5. The number of hydrogen-bond acceptors (Lipinski definition) is 6. The fraction of sp³-hybridized carbons (Fsp3) is 0.263. The van der Waals surface area contributed by atoms with Crippen LogP contribution < -0.4 is 9.47 Å². The first-order valence-corrected chi connectivity index (χ1v) is 8.55. The van der Waals surface area contributed by atoms with Gasteiger partial charge in [-0.1, -0.05) is 18.1 Å². The number of terminal acetylenes is 1. The normalized spacial score (nSPS) is 10.8. The molecule has 0 radical (unpaired) electrons. The zero-order chi connectivity index (χ0) is 18.0. The lowest BCUT2D eigenvalue weighted by Crippen LogP contribution is -2.11. The van der Waals surface area contributed by atoms with Crippen LogP contribution in [0.25, 0.3) is 21.1 Å². The van der Waals surface area contributed by atoms with E-state index in [1.54, 1.807) is 21.0 Å². The molecule has 0 saturated heterocycles. The lowest BCUT2D eigenvalue weighted by atomic mass is 10.1. The number of ether oxygens (including phenoxy) is 3. The van der Waals surface area contributed by atoms with Gasteiger partial charge in [-0.05, 0) is 26.0 Å². The summed E-state index contributed by atoms with van der Waals surface area (Å²) in [5.41, 5.74) is 0.778. The van der Waals surface area contributed by atoms with Crippen molar-refractivity contribution in [2.45, 2.75) is 20.0 Å². The number of carbonyl (C=O) groups is 1. The number of fused-ring (bicyclic) bond motifs is 2. The third-order valence-electron chi connectivity index (χ3n) is 3.48. The highest BCUT2D eigenvalue weighted by atomic mass is 32.1. The summed E-state index contributed by atoms with van der Waals surface area (Å²) in [5, 5.41) is 1.47. The molecule has 0 fully saturated rings. The van der Waals surface area contributed by atoms with Crippen molar-refractivity contribution in [3.05, 3.63) is 29.1 Å². The van der Waals surface area contributed by atoms with Crippen molar-refractivity contribution >= 4 is 38.4 Å². The molecule has 3 aromatic rings. The zero-order valence-electron chi connectivity index (χ0n) is 14.2. The topological polar surface area (TPSA) is 57.7 Å². The summed E-state index contributed by atoms with van der Waals surface area (Å²) in [6.45, 7) is 3.62. The summed E-state index contributed by atoms with van der Waals surface area (Å²) in [7, 11) is 1.58. The maximum Gasteiger partial charge on any atom is 0.352 e. The van der Waals surface area contributed by atoms with Crippen molar-refractivity contribution in [3.8, 4) is 23.8 Å². The quantitative estimate of drug-likeness (QED) is 0.511. The standard InChI is InChI=1S/C19H17NO4S/c1-5-10-23-16-14-15(22-4)12-8-6-7-9-13(12)20-18(14)25-17(16)19(21)24-11(2)3/h1,6-9,11H,10H2,2-4H3. The zero-order valence-corrected chi connectivity index (χ0v) is 15.0. The summed E-state index contributed by atoms with van der Waals surface area (Å²) in [6.07, 6.45) is 5.08. The van der Waals surface area contributed by atoms with Gasteiger partial charge in [0.2, 0.25) is 0 Å². The maximum absolute atomic E-state index is 12.5. The van der Waals surface area contributed by atoms with Crippen LogP contribution >= 0.6 is 11.3 Å². The molecule has 0 bridgehead atoms. The fourth-order valence-electron chi connectivity index (χ4n) is 2.56. The number of methoxy groups -OCH3 is 1. The molecule has 0 spiro atoms. The molecule has 25 heavy (non-hydrogen) atoms. The molecule has 0 atom stereocenters. The minimum absolute atomic E-state index is 0.0315. The molecule has 2 aromatic heterocycles. The highest BCUT2D eigenvalue weighted by molar-refractivity contribution is 7.21. The highest BCUT2D eigenvalue weighted by Gasteiger charge is 2.26. The van der Waals surface area contributed by atoms with E-state index in [0.717, 1.165) is 10.9 Å². The second-order valence-electron chi connectivity index (χ2n) is 5.55. The number of thiophene rings is 1. The second kappa shape index (κ2) is 6.99. The molecule has 1 aromatic carbocycles. The van der Waals surface area contributed by atoms with Crippen molar-refractivity contribution in [1.82, 2.24) is 4.98 Å². The predicted octanol–water partition coefficient (Wildman–Crippen LogP) is 4.04. The molecule has 0 aliphatic carbocycles. The van der Waals surface area contributed by atoms with Crippen molar-refractivity contribution < 1.29 is 19.0 Å². The smallest absolute Gasteiger partial charge is 0.352 e. The maximum atomic E-state index is 12.5. The van der Waals surface area contributed by atoms with Crippen LogP contribution in [0.2, 0.25) is 0 Å². The molecule has 5 nitrogen and oxygen atoms in total. The van der Waals surface area contributed by atoms with Gasteiger partial charge >= 0.3 is 5.97 Å². The van der Waals surface area contributed by atoms with Gasteiger partial charge in [0.05, 0.1) is 24.1 Å². The molecule has 0 aliphatic rings. The Balaban J connectivity index is 2.31. The monoisotopic (exact) mass is 355 g/mol. The van der Waals surface area contributed by atoms with E-state index in [4.69, 9.17) is 20.6 Å². The number of nitrogens with zero attached hydrogens (tertiary/aromatic N) is 1. The van der Waals surface area contributed by atoms with Crippen LogP contribution in [0.4, 0.5) is 0 Å². The molecule has 3 rings (SSSR count). The molecular weight excluding hydrogens is 338 g/mol. The molecule has 0 amide bonds. The van der Waals surface area contributed by atoms with E-state index in [1.807, 2.05) is 24.3 Å². The SMILES string of the molecule is C#CCOc1c(C(=O)OC(C)C)sc2nc3ccccc3c(OC)c12.